The largest absolute Gasteiger partial charge is 0.369 e. The molecule has 1 aromatic rings. The highest BCUT2D eigenvalue weighted by Gasteiger charge is 2.26. The Hall–Kier alpha value is -1.38. The maximum Gasteiger partial charge on any atom is 0.256 e. The molecule has 0 aliphatic carbocycles. The van der Waals surface area contributed by atoms with E-state index in [1.165, 1.54) is 7.11 Å². The third-order valence-electron chi connectivity index (χ3n) is 2.40. The van der Waals surface area contributed by atoms with Gasteiger partial charge in [0.1, 0.15) is 11.7 Å². The molecule has 0 saturated carbocycles. The van der Waals surface area contributed by atoms with Gasteiger partial charge in [0, 0.05) is 17.3 Å². The van der Waals surface area contributed by atoms with Crippen molar-refractivity contribution in [3.05, 3.63) is 28.2 Å². The van der Waals surface area contributed by atoms with Crippen molar-refractivity contribution in [3.8, 4) is 6.07 Å². The Kier molecular flexibility index (Phi) is 4.27. The van der Waals surface area contributed by atoms with E-state index < -0.39 is 5.60 Å². The van der Waals surface area contributed by atoms with Crippen LogP contribution < -0.4 is 5.32 Å². The van der Waals surface area contributed by atoms with Gasteiger partial charge in [0.2, 0.25) is 0 Å². The van der Waals surface area contributed by atoms with Crippen LogP contribution in [-0.2, 0) is 9.53 Å². The molecular weight excluding hydrogens is 284 g/mol. The molecule has 4 nitrogen and oxygen atoms in total. The van der Waals surface area contributed by atoms with Gasteiger partial charge in [0.25, 0.3) is 5.91 Å². The number of benzene rings is 1. The number of anilines is 1. The molecule has 0 aliphatic rings. The molecule has 0 fully saturated rings. The summed E-state index contributed by atoms with van der Waals surface area (Å²) in [6.07, 6.45) is 0. The van der Waals surface area contributed by atoms with E-state index in [-0.39, 0.29) is 5.91 Å². The third-order valence-corrected chi connectivity index (χ3v) is 3.06. The van der Waals surface area contributed by atoms with E-state index in [2.05, 4.69) is 21.2 Å². The molecule has 1 amide bonds. The summed E-state index contributed by atoms with van der Waals surface area (Å²) in [7, 11) is 1.48. The van der Waals surface area contributed by atoms with Gasteiger partial charge in [-0.3, -0.25) is 4.79 Å². The highest BCUT2D eigenvalue weighted by Crippen LogP contribution is 2.22. The van der Waals surface area contributed by atoms with Gasteiger partial charge in [0.15, 0.2) is 0 Å². The molecule has 1 rings (SSSR count). The van der Waals surface area contributed by atoms with Crippen LogP contribution in [0.25, 0.3) is 0 Å². The van der Waals surface area contributed by atoms with Gasteiger partial charge in [-0.1, -0.05) is 0 Å². The van der Waals surface area contributed by atoms with Crippen LogP contribution >= 0.6 is 15.9 Å². The Morgan fingerprint density at radius 3 is 2.65 bits per heavy atom. The lowest BCUT2D eigenvalue weighted by Crippen LogP contribution is -2.38. The number of nitrogens with zero attached hydrogens (tertiary/aromatic N) is 1. The predicted octanol–water partition coefficient (Wildman–Crippen LogP) is 2.68. The number of hydrogen-bond donors (Lipinski definition) is 1. The van der Waals surface area contributed by atoms with Gasteiger partial charge >= 0.3 is 0 Å². The van der Waals surface area contributed by atoms with Crippen molar-refractivity contribution in [3.63, 3.8) is 0 Å². The van der Waals surface area contributed by atoms with Crippen LogP contribution in [0, 0.1) is 11.3 Å². The Morgan fingerprint density at radius 1 is 1.53 bits per heavy atom. The number of halogens is 1. The first-order valence-electron chi connectivity index (χ1n) is 4.97. The molecule has 17 heavy (non-hydrogen) atoms. The topological polar surface area (TPSA) is 62.1 Å². The van der Waals surface area contributed by atoms with Gasteiger partial charge in [-0.25, -0.2) is 0 Å². The molecule has 1 aromatic carbocycles. The van der Waals surface area contributed by atoms with Crippen LogP contribution in [0.1, 0.15) is 19.4 Å². The first-order valence-corrected chi connectivity index (χ1v) is 5.76. The van der Waals surface area contributed by atoms with Crippen molar-refractivity contribution in [1.29, 1.82) is 5.26 Å². The summed E-state index contributed by atoms with van der Waals surface area (Å²) in [6, 6.07) is 7.03. The molecule has 0 atom stereocenters. The summed E-state index contributed by atoms with van der Waals surface area (Å²) in [5, 5.41) is 11.5. The molecule has 0 unspecified atom stereocenters. The van der Waals surface area contributed by atoms with Crippen LogP contribution in [0.2, 0.25) is 0 Å². The molecule has 0 radical (unpaired) electrons. The van der Waals surface area contributed by atoms with Crippen LogP contribution in [0.15, 0.2) is 22.7 Å². The number of methoxy groups -OCH3 is 1. The van der Waals surface area contributed by atoms with E-state index in [4.69, 9.17) is 10.00 Å². The Labute approximate surface area is 109 Å². The fourth-order valence-electron chi connectivity index (χ4n) is 1.06. The van der Waals surface area contributed by atoms with Crippen molar-refractivity contribution in [2.45, 2.75) is 19.4 Å². The molecule has 0 heterocycles. The number of nitriles is 1. The SMILES string of the molecule is COC(C)(C)C(=O)Nc1ccc(C#N)c(Br)c1. The molecular formula is C12H13BrN2O2. The number of ether oxygens (including phenoxy) is 1. The average molecular weight is 297 g/mol. The number of carbonyl (C=O) groups excluding carboxylic acids is 1. The summed E-state index contributed by atoms with van der Waals surface area (Å²) in [5.74, 6) is -0.239. The second kappa shape index (κ2) is 5.30. The molecule has 0 spiro atoms. The normalized spacial score (nSPS) is 10.8. The molecule has 1 N–H and O–H groups in total. The van der Waals surface area contributed by atoms with Crippen LogP contribution in [0.4, 0.5) is 5.69 Å². The Balaban J connectivity index is 2.88. The van der Waals surface area contributed by atoms with Crippen LogP contribution in [-0.4, -0.2) is 18.6 Å². The van der Waals surface area contributed by atoms with E-state index in [9.17, 15) is 4.79 Å². The zero-order valence-electron chi connectivity index (χ0n) is 9.87. The predicted molar refractivity (Wildman–Crippen MR) is 68.6 cm³/mol. The minimum Gasteiger partial charge on any atom is -0.369 e. The van der Waals surface area contributed by atoms with Crippen molar-refractivity contribution in [2.75, 3.05) is 12.4 Å². The lowest BCUT2D eigenvalue weighted by atomic mass is 10.1. The van der Waals surface area contributed by atoms with Gasteiger partial charge in [-0.05, 0) is 48.0 Å². The molecule has 90 valence electrons. The monoisotopic (exact) mass is 296 g/mol. The first-order chi connectivity index (χ1) is 7.90. The van der Waals surface area contributed by atoms with E-state index in [0.29, 0.717) is 15.7 Å². The van der Waals surface area contributed by atoms with E-state index in [1.807, 2.05) is 6.07 Å². The van der Waals surface area contributed by atoms with Crippen molar-refractivity contribution < 1.29 is 9.53 Å². The molecule has 0 bridgehead atoms. The molecule has 0 saturated heterocycles. The second-order valence-corrected chi connectivity index (χ2v) is 4.83. The lowest BCUT2D eigenvalue weighted by molar-refractivity contribution is -0.133. The van der Waals surface area contributed by atoms with Crippen LogP contribution in [0.5, 0.6) is 0 Å². The van der Waals surface area contributed by atoms with Gasteiger partial charge in [-0.2, -0.15) is 5.26 Å². The number of nitrogens with one attached hydrogen (secondary N) is 1. The number of hydrogen-bond acceptors (Lipinski definition) is 3. The smallest absolute Gasteiger partial charge is 0.256 e. The fourth-order valence-corrected chi connectivity index (χ4v) is 1.53. The summed E-state index contributed by atoms with van der Waals surface area (Å²) in [6.45, 7) is 3.36. The molecule has 0 aromatic heterocycles. The van der Waals surface area contributed by atoms with E-state index >= 15 is 0 Å². The summed E-state index contributed by atoms with van der Waals surface area (Å²) < 4.78 is 5.72. The lowest BCUT2D eigenvalue weighted by Gasteiger charge is -2.21. The number of amides is 1. The third kappa shape index (κ3) is 3.29. The highest BCUT2D eigenvalue weighted by molar-refractivity contribution is 9.10. The van der Waals surface area contributed by atoms with E-state index in [1.54, 1.807) is 32.0 Å². The van der Waals surface area contributed by atoms with Crippen molar-refractivity contribution >= 4 is 27.5 Å². The highest BCUT2D eigenvalue weighted by atomic mass is 79.9. The maximum absolute atomic E-state index is 11.8. The Bertz CT molecular complexity index is 478. The summed E-state index contributed by atoms with van der Waals surface area (Å²) >= 11 is 3.26. The number of carbonyl (C=O) groups is 1. The standard InChI is InChI=1S/C12H13BrN2O2/c1-12(2,17-3)11(16)15-9-5-4-8(7-14)10(13)6-9/h4-6H,1-3H3,(H,15,16). The summed E-state index contributed by atoms with van der Waals surface area (Å²) in [4.78, 5) is 11.8. The fraction of sp³-hybridized carbons (Fsp3) is 0.333. The number of rotatable bonds is 3. The average Bonchev–Trinajstić information content (AvgIpc) is 2.29. The van der Waals surface area contributed by atoms with Gasteiger partial charge in [0.05, 0.1) is 5.56 Å². The van der Waals surface area contributed by atoms with Crippen LogP contribution in [0.3, 0.4) is 0 Å². The van der Waals surface area contributed by atoms with Gasteiger partial charge < -0.3 is 10.1 Å². The minimum absolute atomic E-state index is 0.239. The zero-order valence-corrected chi connectivity index (χ0v) is 11.5. The quantitative estimate of drug-likeness (QED) is 0.933. The molecule has 0 aliphatic heterocycles. The van der Waals surface area contributed by atoms with Crippen molar-refractivity contribution in [1.82, 2.24) is 0 Å². The first kappa shape index (κ1) is 13.7. The van der Waals surface area contributed by atoms with Crippen molar-refractivity contribution in [2.24, 2.45) is 0 Å². The Morgan fingerprint density at radius 2 is 2.18 bits per heavy atom. The summed E-state index contributed by atoms with van der Waals surface area (Å²) in [5.41, 5.74) is 0.250. The minimum atomic E-state index is -0.889. The van der Waals surface area contributed by atoms with Gasteiger partial charge in [-0.15, -0.1) is 0 Å². The van der Waals surface area contributed by atoms with E-state index in [0.717, 1.165) is 0 Å². The molecule has 5 heteroatoms. The zero-order chi connectivity index (χ0) is 13.1. The second-order valence-electron chi connectivity index (χ2n) is 3.97. The maximum atomic E-state index is 11.8.